The predicted octanol–water partition coefficient (Wildman–Crippen LogP) is 2.78. The lowest BCUT2D eigenvalue weighted by Crippen LogP contribution is -2.48. The number of carbonyl (C=O) groups excluding carboxylic acids is 1. The highest BCUT2D eigenvalue weighted by atomic mass is 19.1. The van der Waals surface area contributed by atoms with Gasteiger partial charge in [-0.2, -0.15) is 0 Å². The molecule has 1 heterocycles. The van der Waals surface area contributed by atoms with Crippen LogP contribution < -0.4 is 10.6 Å². The molecule has 1 aromatic carbocycles. The Balaban J connectivity index is 2.03. The van der Waals surface area contributed by atoms with Crippen molar-refractivity contribution in [3.63, 3.8) is 0 Å². The molecule has 2 atom stereocenters. The first kappa shape index (κ1) is 15.9. The largest absolute Gasteiger partial charge is 0.350 e. The van der Waals surface area contributed by atoms with Gasteiger partial charge >= 0.3 is 0 Å². The van der Waals surface area contributed by atoms with Crippen LogP contribution in [0.25, 0.3) is 0 Å². The Labute approximate surface area is 124 Å². The topological polar surface area (TPSA) is 41.1 Å². The first-order valence-corrected chi connectivity index (χ1v) is 7.50. The van der Waals surface area contributed by atoms with Gasteiger partial charge in [0.05, 0.1) is 0 Å². The van der Waals surface area contributed by atoms with Crippen molar-refractivity contribution in [2.45, 2.75) is 39.2 Å². The molecule has 116 valence electrons. The zero-order valence-corrected chi connectivity index (χ0v) is 12.5. The number of piperidine rings is 1. The fourth-order valence-electron chi connectivity index (χ4n) is 2.90. The Bertz CT molecular complexity index is 519. The summed E-state index contributed by atoms with van der Waals surface area (Å²) in [5.74, 6) is -1.79. The van der Waals surface area contributed by atoms with E-state index in [1.165, 1.54) is 13.0 Å². The maximum atomic E-state index is 13.9. The highest BCUT2D eigenvalue weighted by molar-refractivity contribution is 5.95. The number of nitrogens with one attached hydrogen (secondary N) is 2. The molecule has 2 N–H and O–H groups in total. The number of carbonyl (C=O) groups is 1. The number of rotatable bonds is 4. The molecule has 1 aliphatic heterocycles. The number of halogens is 2. The van der Waals surface area contributed by atoms with Crippen LogP contribution in [-0.2, 0) is 0 Å². The predicted molar refractivity (Wildman–Crippen MR) is 78.2 cm³/mol. The van der Waals surface area contributed by atoms with E-state index < -0.39 is 23.1 Å². The van der Waals surface area contributed by atoms with Crippen LogP contribution in [0.1, 0.15) is 42.1 Å². The molecular weight excluding hydrogens is 274 g/mol. The van der Waals surface area contributed by atoms with Crippen LogP contribution >= 0.6 is 0 Å². The summed E-state index contributed by atoms with van der Waals surface area (Å²) in [5, 5.41) is 6.03. The second-order valence-electron chi connectivity index (χ2n) is 5.63. The standard InChI is InChI=1S/C16H22F2N2O/c1-3-11-5-4-8-19-13(11)9-20-16(21)14-12(17)7-6-10(2)15(14)18/h6-7,11,13,19H,3-5,8-9H2,1-2H3,(H,20,21). The summed E-state index contributed by atoms with van der Waals surface area (Å²) in [5.41, 5.74) is -0.220. The SMILES string of the molecule is CCC1CCCNC1CNC(=O)c1c(F)ccc(C)c1F. The quantitative estimate of drug-likeness (QED) is 0.897. The molecule has 1 aliphatic rings. The molecule has 3 nitrogen and oxygen atoms in total. The minimum atomic E-state index is -0.820. The summed E-state index contributed by atoms with van der Waals surface area (Å²) in [7, 11) is 0. The van der Waals surface area contributed by atoms with E-state index in [4.69, 9.17) is 0 Å². The summed E-state index contributed by atoms with van der Waals surface area (Å²) >= 11 is 0. The third kappa shape index (κ3) is 3.59. The van der Waals surface area contributed by atoms with Gasteiger partial charge < -0.3 is 10.6 Å². The summed E-state index contributed by atoms with van der Waals surface area (Å²) < 4.78 is 27.6. The van der Waals surface area contributed by atoms with Crippen molar-refractivity contribution in [3.8, 4) is 0 Å². The molecule has 0 radical (unpaired) electrons. The number of hydrogen-bond donors (Lipinski definition) is 2. The summed E-state index contributed by atoms with van der Waals surface area (Å²) in [6, 6.07) is 2.63. The minimum absolute atomic E-state index is 0.170. The third-order valence-corrected chi connectivity index (χ3v) is 4.25. The van der Waals surface area contributed by atoms with Crippen molar-refractivity contribution in [2.75, 3.05) is 13.1 Å². The third-order valence-electron chi connectivity index (χ3n) is 4.25. The van der Waals surface area contributed by atoms with Crippen molar-refractivity contribution < 1.29 is 13.6 Å². The Hall–Kier alpha value is -1.49. The van der Waals surface area contributed by atoms with Gasteiger partial charge in [0.25, 0.3) is 5.91 Å². The average molecular weight is 296 g/mol. The van der Waals surface area contributed by atoms with Crippen molar-refractivity contribution in [1.29, 1.82) is 0 Å². The summed E-state index contributed by atoms with van der Waals surface area (Å²) in [4.78, 5) is 12.1. The summed E-state index contributed by atoms with van der Waals surface area (Å²) in [6.07, 6.45) is 3.28. The molecule has 1 fully saturated rings. The molecule has 0 aromatic heterocycles. The van der Waals surface area contributed by atoms with E-state index in [9.17, 15) is 13.6 Å². The van der Waals surface area contributed by atoms with E-state index in [0.717, 1.165) is 31.9 Å². The normalized spacial score (nSPS) is 22.1. The molecule has 1 amide bonds. The van der Waals surface area contributed by atoms with Gasteiger partial charge in [0.1, 0.15) is 17.2 Å². The van der Waals surface area contributed by atoms with Gasteiger partial charge in [-0.15, -0.1) is 0 Å². The van der Waals surface area contributed by atoms with Crippen LogP contribution in [0.15, 0.2) is 12.1 Å². The Morgan fingerprint density at radius 1 is 1.43 bits per heavy atom. The molecule has 1 saturated heterocycles. The van der Waals surface area contributed by atoms with Crippen LogP contribution in [0, 0.1) is 24.5 Å². The number of amides is 1. The van der Waals surface area contributed by atoms with Gasteiger partial charge in [0.2, 0.25) is 0 Å². The second-order valence-corrected chi connectivity index (χ2v) is 5.63. The van der Waals surface area contributed by atoms with Gasteiger partial charge in [-0.25, -0.2) is 8.78 Å². The van der Waals surface area contributed by atoms with E-state index in [1.54, 1.807) is 0 Å². The Morgan fingerprint density at radius 3 is 2.90 bits per heavy atom. The Morgan fingerprint density at radius 2 is 2.19 bits per heavy atom. The number of benzene rings is 1. The maximum Gasteiger partial charge on any atom is 0.257 e. The first-order chi connectivity index (χ1) is 10.0. The van der Waals surface area contributed by atoms with Crippen molar-refractivity contribution in [1.82, 2.24) is 10.6 Å². The van der Waals surface area contributed by atoms with Crippen LogP contribution in [0.4, 0.5) is 8.78 Å². The van der Waals surface area contributed by atoms with Gasteiger partial charge in [0.15, 0.2) is 0 Å². The van der Waals surface area contributed by atoms with Crippen molar-refractivity contribution in [3.05, 3.63) is 34.9 Å². The van der Waals surface area contributed by atoms with Crippen LogP contribution in [0.2, 0.25) is 0 Å². The van der Waals surface area contributed by atoms with Gasteiger partial charge in [-0.3, -0.25) is 4.79 Å². The van der Waals surface area contributed by atoms with E-state index in [1.807, 2.05) is 0 Å². The van der Waals surface area contributed by atoms with E-state index in [-0.39, 0.29) is 11.6 Å². The van der Waals surface area contributed by atoms with Crippen molar-refractivity contribution in [2.24, 2.45) is 5.92 Å². The first-order valence-electron chi connectivity index (χ1n) is 7.50. The highest BCUT2D eigenvalue weighted by Gasteiger charge is 2.25. The van der Waals surface area contributed by atoms with Crippen LogP contribution in [0.3, 0.4) is 0 Å². The minimum Gasteiger partial charge on any atom is -0.350 e. The van der Waals surface area contributed by atoms with Gasteiger partial charge in [-0.1, -0.05) is 19.4 Å². The average Bonchev–Trinajstić information content (AvgIpc) is 2.49. The molecule has 2 unspecified atom stereocenters. The molecule has 0 aliphatic carbocycles. The second kappa shape index (κ2) is 6.98. The number of aryl methyl sites for hydroxylation is 1. The fraction of sp³-hybridized carbons (Fsp3) is 0.562. The lowest BCUT2D eigenvalue weighted by Gasteiger charge is -2.32. The molecule has 0 saturated carbocycles. The maximum absolute atomic E-state index is 13.9. The molecule has 2 rings (SSSR count). The molecular formula is C16H22F2N2O. The lowest BCUT2D eigenvalue weighted by molar-refractivity contribution is 0.0933. The molecule has 1 aromatic rings. The fourth-order valence-corrected chi connectivity index (χ4v) is 2.90. The zero-order chi connectivity index (χ0) is 15.4. The van der Waals surface area contributed by atoms with Gasteiger partial charge in [0, 0.05) is 12.6 Å². The Kier molecular flexibility index (Phi) is 5.28. The van der Waals surface area contributed by atoms with E-state index in [0.29, 0.717) is 12.5 Å². The summed E-state index contributed by atoms with van der Waals surface area (Å²) in [6.45, 7) is 4.95. The van der Waals surface area contributed by atoms with Crippen LogP contribution in [0.5, 0.6) is 0 Å². The van der Waals surface area contributed by atoms with Crippen LogP contribution in [-0.4, -0.2) is 25.0 Å². The van der Waals surface area contributed by atoms with Gasteiger partial charge in [-0.05, 0) is 43.9 Å². The lowest BCUT2D eigenvalue weighted by atomic mass is 9.88. The molecule has 5 heteroatoms. The zero-order valence-electron chi connectivity index (χ0n) is 12.5. The highest BCUT2D eigenvalue weighted by Crippen LogP contribution is 2.20. The monoisotopic (exact) mass is 296 g/mol. The molecule has 0 spiro atoms. The van der Waals surface area contributed by atoms with E-state index in [2.05, 4.69) is 17.6 Å². The smallest absolute Gasteiger partial charge is 0.257 e. The molecule has 0 bridgehead atoms. The number of hydrogen-bond acceptors (Lipinski definition) is 2. The van der Waals surface area contributed by atoms with Crippen molar-refractivity contribution >= 4 is 5.91 Å². The molecule has 21 heavy (non-hydrogen) atoms. The van der Waals surface area contributed by atoms with E-state index >= 15 is 0 Å².